The maximum Gasteiger partial charge on any atom is 0.321 e. The molecule has 0 bridgehead atoms. The average molecular weight is 368 g/mol. The van der Waals surface area contributed by atoms with Crippen LogP contribution in [0, 0.1) is 0 Å². The Balaban J connectivity index is 1.57. The Labute approximate surface area is 155 Å². The van der Waals surface area contributed by atoms with Gasteiger partial charge in [0.2, 0.25) is 0 Å². The Morgan fingerprint density at radius 1 is 1.23 bits per heavy atom. The van der Waals surface area contributed by atoms with Crippen molar-refractivity contribution >= 4 is 34.2 Å². The number of rotatable bonds is 3. The highest BCUT2D eigenvalue weighted by molar-refractivity contribution is 6.30. The van der Waals surface area contributed by atoms with Crippen LogP contribution in [0.15, 0.2) is 53.3 Å². The number of hydrogen-bond donors (Lipinski definition) is 1. The number of carbonyl (C=O) groups excluding carboxylic acids is 1. The molecule has 0 aliphatic carbocycles. The van der Waals surface area contributed by atoms with Gasteiger partial charge in [0.05, 0.1) is 12.1 Å². The maximum absolute atomic E-state index is 12.8. The van der Waals surface area contributed by atoms with E-state index in [1.165, 1.54) is 10.5 Å². The first kappa shape index (κ1) is 16.7. The van der Waals surface area contributed by atoms with Crippen molar-refractivity contribution in [3.8, 4) is 0 Å². The number of anilines is 1. The Morgan fingerprint density at radius 2 is 2.00 bits per heavy atom. The first-order valence-electron chi connectivity index (χ1n) is 8.45. The summed E-state index contributed by atoms with van der Waals surface area (Å²) in [5.74, 6) is 0. The van der Waals surface area contributed by atoms with Crippen molar-refractivity contribution in [1.82, 2.24) is 9.47 Å². The molecule has 1 N–H and O–H groups in total. The molecule has 3 aromatic rings. The van der Waals surface area contributed by atoms with Crippen molar-refractivity contribution in [2.75, 3.05) is 12.4 Å². The van der Waals surface area contributed by atoms with Crippen LogP contribution in [-0.4, -0.2) is 22.5 Å². The molecular weight excluding hydrogens is 350 g/mol. The number of nitrogens with zero attached hydrogens (tertiary/aromatic N) is 2. The molecule has 0 spiro atoms. The molecule has 0 atom stereocenters. The first-order valence-corrected chi connectivity index (χ1v) is 8.83. The second-order valence-electron chi connectivity index (χ2n) is 6.52. The molecule has 132 valence electrons. The Hall–Kier alpha value is -2.79. The molecule has 2 aromatic carbocycles. The molecule has 2 heterocycles. The summed E-state index contributed by atoms with van der Waals surface area (Å²) in [4.78, 5) is 26.7. The van der Waals surface area contributed by atoms with Gasteiger partial charge < -0.3 is 14.8 Å². The lowest BCUT2D eigenvalue weighted by Gasteiger charge is -2.18. The summed E-state index contributed by atoms with van der Waals surface area (Å²) in [5.41, 5.74) is 3.48. The van der Waals surface area contributed by atoms with E-state index in [1.54, 1.807) is 31.3 Å². The molecule has 0 saturated carbocycles. The number of halogens is 1. The topological polar surface area (TPSA) is 54.3 Å². The molecule has 0 unspecified atom stereocenters. The normalized spacial score (nSPS) is 12.4. The summed E-state index contributed by atoms with van der Waals surface area (Å²) in [7, 11) is 1.68. The smallest absolute Gasteiger partial charge is 0.321 e. The molecule has 0 radical (unpaired) electrons. The number of urea groups is 1. The van der Waals surface area contributed by atoms with E-state index in [0.29, 0.717) is 22.8 Å². The van der Waals surface area contributed by atoms with Crippen LogP contribution < -0.4 is 10.9 Å². The number of nitrogens with one attached hydrogen (secondary N) is 1. The predicted octanol–water partition coefficient (Wildman–Crippen LogP) is 3.87. The van der Waals surface area contributed by atoms with E-state index in [4.69, 9.17) is 11.6 Å². The van der Waals surface area contributed by atoms with E-state index in [1.807, 2.05) is 22.8 Å². The summed E-state index contributed by atoms with van der Waals surface area (Å²) in [6.45, 7) is 0.946. The predicted molar refractivity (Wildman–Crippen MR) is 104 cm³/mol. The number of carbonyl (C=O) groups is 1. The Morgan fingerprint density at radius 3 is 2.77 bits per heavy atom. The van der Waals surface area contributed by atoms with Crippen molar-refractivity contribution in [2.24, 2.45) is 0 Å². The minimum absolute atomic E-state index is 0.0198. The summed E-state index contributed by atoms with van der Waals surface area (Å²) in [5, 5.41) is 4.46. The molecular formula is C20H18ClN3O2. The van der Waals surface area contributed by atoms with Crippen LogP contribution in [-0.2, 0) is 19.5 Å². The molecule has 0 fully saturated rings. The SMILES string of the molecule is CN(Cc1cc2cccc3c2n(c1=O)CC3)C(=O)Nc1ccc(Cl)cc1. The maximum atomic E-state index is 12.8. The quantitative estimate of drug-likeness (QED) is 0.763. The molecule has 2 amide bonds. The highest BCUT2D eigenvalue weighted by Gasteiger charge is 2.19. The third-order valence-electron chi connectivity index (χ3n) is 4.72. The first-order chi connectivity index (χ1) is 12.5. The lowest BCUT2D eigenvalue weighted by atomic mass is 10.1. The minimum atomic E-state index is -0.276. The summed E-state index contributed by atoms with van der Waals surface area (Å²) < 4.78 is 1.82. The number of hydrogen-bond acceptors (Lipinski definition) is 2. The van der Waals surface area contributed by atoms with Crippen LogP contribution in [0.2, 0.25) is 5.02 Å². The minimum Gasteiger partial charge on any atom is -0.323 e. The molecule has 26 heavy (non-hydrogen) atoms. The number of aryl methyl sites for hydroxylation is 2. The van der Waals surface area contributed by atoms with Crippen LogP contribution in [0.3, 0.4) is 0 Å². The highest BCUT2D eigenvalue weighted by Crippen LogP contribution is 2.24. The van der Waals surface area contributed by atoms with Gasteiger partial charge in [-0.25, -0.2) is 4.79 Å². The zero-order valence-electron chi connectivity index (χ0n) is 14.3. The third kappa shape index (κ3) is 2.95. The van der Waals surface area contributed by atoms with Gasteiger partial charge in [-0.05, 0) is 47.7 Å². The van der Waals surface area contributed by atoms with E-state index >= 15 is 0 Å². The van der Waals surface area contributed by atoms with E-state index < -0.39 is 0 Å². The Kier molecular flexibility index (Phi) is 4.17. The van der Waals surface area contributed by atoms with Crippen LogP contribution in [0.4, 0.5) is 10.5 Å². The van der Waals surface area contributed by atoms with Crippen molar-refractivity contribution in [2.45, 2.75) is 19.5 Å². The standard InChI is InChI=1S/C20H18ClN3O2/c1-23(20(26)22-17-7-5-16(21)6-8-17)12-15-11-14-4-2-3-13-9-10-24(18(13)14)19(15)25/h2-8,11H,9-10,12H2,1H3,(H,22,26). The summed E-state index contributed by atoms with van der Waals surface area (Å²) in [6, 6.07) is 14.6. The molecule has 5 nitrogen and oxygen atoms in total. The monoisotopic (exact) mass is 367 g/mol. The number of amides is 2. The molecule has 1 aliphatic heterocycles. The second kappa shape index (κ2) is 6.50. The van der Waals surface area contributed by atoms with Crippen molar-refractivity contribution in [1.29, 1.82) is 0 Å². The molecule has 0 saturated heterocycles. The van der Waals surface area contributed by atoms with Crippen molar-refractivity contribution < 1.29 is 4.79 Å². The fraction of sp³-hybridized carbons (Fsp3) is 0.200. The second-order valence-corrected chi connectivity index (χ2v) is 6.96. The van der Waals surface area contributed by atoms with E-state index in [2.05, 4.69) is 11.4 Å². The highest BCUT2D eigenvalue weighted by atomic mass is 35.5. The number of benzene rings is 2. The van der Waals surface area contributed by atoms with Crippen LogP contribution >= 0.6 is 11.6 Å². The van der Waals surface area contributed by atoms with Gasteiger partial charge in [0, 0.05) is 29.9 Å². The van der Waals surface area contributed by atoms with Crippen molar-refractivity contribution in [3.05, 3.63) is 75.0 Å². The largest absolute Gasteiger partial charge is 0.323 e. The molecule has 6 heteroatoms. The molecule has 1 aliphatic rings. The van der Waals surface area contributed by atoms with E-state index in [-0.39, 0.29) is 18.1 Å². The van der Waals surface area contributed by atoms with Gasteiger partial charge in [-0.3, -0.25) is 4.79 Å². The van der Waals surface area contributed by atoms with E-state index in [9.17, 15) is 9.59 Å². The fourth-order valence-electron chi connectivity index (χ4n) is 3.42. The molecule has 1 aromatic heterocycles. The third-order valence-corrected chi connectivity index (χ3v) is 4.98. The van der Waals surface area contributed by atoms with Crippen LogP contribution in [0.5, 0.6) is 0 Å². The van der Waals surface area contributed by atoms with Gasteiger partial charge in [0.1, 0.15) is 0 Å². The van der Waals surface area contributed by atoms with Crippen LogP contribution in [0.1, 0.15) is 11.1 Å². The van der Waals surface area contributed by atoms with Crippen LogP contribution in [0.25, 0.3) is 10.9 Å². The lowest BCUT2D eigenvalue weighted by molar-refractivity contribution is 0.220. The Bertz CT molecular complexity index is 1060. The van der Waals surface area contributed by atoms with Gasteiger partial charge in [-0.2, -0.15) is 0 Å². The lowest BCUT2D eigenvalue weighted by Crippen LogP contribution is -2.34. The fourth-order valence-corrected chi connectivity index (χ4v) is 3.55. The number of para-hydroxylation sites is 1. The molecule has 4 rings (SSSR count). The average Bonchev–Trinajstić information content (AvgIpc) is 3.07. The van der Waals surface area contributed by atoms with E-state index in [0.717, 1.165) is 17.3 Å². The van der Waals surface area contributed by atoms with Gasteiger partial charge in [-0.15, -0.1) is 0 Å². The summed E-state index contributed by atoms with van der Waals surface area (Å²) in [6.07, 6.45) is 0.878. The van der Waals surface area contributed by atoms with Gasteiger partial charge >= 0.3 is 6.03 Å². The number of pyridine rings is 1. The summed E-state index contributed by atoms with van der Waals surface area (Å²) >= 11 is 5.86. The van der Waals surface area contributed by atoms with Gasteiger partial charge in [0.25, 0.3) is 5.56 Å². The number of aromatic nitrogens is 1. The van der Waals surface area contributed by atoms with Crippen molar-refractivity contribution in [3.63, 3.8) is 0 Å². The van der Waals surface area contributed by atoms with Gasteiger partial charge in [-0.1, -0.05) is 29.8 Å². The zero-order valence-corrected chi connectivity index (χ0v) is 15.1. The zero-order chi connectivity index (χ0) is 18.3. The van der Waals surface area contributed by atoms with Gasteiger partial charge in [0.15, 0.2) is 0 Å².